The normalized spacial score (nSPS) is 16.7. The number of anilines is 2. The lowest BCUT2D eigenvalue weighted by Gasteiger charge is -2.32. The van der Waals surface area contributed by atoms with Gasteiger partial charge in [-0.1, -0.05) is 15.9 Å². The van der Waals surface area contributed by atoms with Crippen molar-refractivity contribution in [3.05, 3.63) is 58.8 Å². The summed E-state index contributed by atoms with van der Waals surface area (Å²) in [6.07, 6.45) is 5.15. The largest absolute Gasteiger partial charge is 0.354 e. The lowest BCUT2D eigenvalue weighted by atomic mass is 9.97. The molecule has 3 aromatic rings. The van der Waals surface area contributed by atoms with Crippen molar-refractivity contribution in [1.82, 2.24) is 19.7 Å². The molecule has 1 fully saturated rings. The van der Waals surface area contributed by atoms with Crippen molar-refractivity contribution >= 4 is 33.3 Å². The van der Waals surface area contributed by atoms with Crippen LogP contribution in [0.5, 0.6) is 0 Å². The zero-order valence-corrected chi connectivity index (χ0v) is 17.4. The van der Waals surface area contributed by atoms with Crippen molar-refractivity contribution in [3.63, 3.8) is 0 Å². The molecule has 1 aliphatic heterocycles. The molecule has 0 radical (unpaired) electrons. The van der Waals surface area contributed by atoms with Crippen LogP contribution in [0.4, 0.5) is 15.9 Å². The number of piperidine rings is 1. The number of amides is 1. The summed E-state index contributed by atoms with van der Waals surface area (Å²) in [5.41, 5.74) is 0.190. The second kappa shape index (κ2) is 8.28. The summed E-state index contributed by atoms with van der Waals surface area (Å²) in [4.78, 5) is 18.9. The zero-order valence-electron chi connectivity index (χ0n) is 15.8. The first-order valence-electron chi connectivity index (χ1n) is 9.36. The Kier molecular flexibility index (Phi) is 5.57. The highest BCUT2D eigenvalue weighted by molar-refractivity contribution is 9.10. The van der Waals surface area contributed by atoms with Crippen LogP contribution in [0.1, 0.15) is 18.7 Å². The van der Waals surface area contributed by atoms with Crippen LogP contribution in [-0.2, 0) is 4.79 Å². The van der Waals surface area contributed by atoms with Gasteiger partial charge in [0.15, 0.2) is 11.6 Å². The smallest absolute Gasteiger partial charge is 0.229 e. The van der Waals surface area contributed by atoms with Gasteiger partial charge in [-0.3, -0.25) is 9.36 Å². The van der Waals surface area contributed by atoms with Crippen molar-refractivity contribution in [3.8, 4) is 5.82 Å². The number of benzene rings is 1. The SMILES string of the molecule is Cc1nccn1-c1ccc(N2CCCC(C(=O)Nc3ccc(Br)cc3F)C2)nn1. The number of carbonyl (C=O) groups excluding carboxylic acids is 1. The molecular weight excluding hydrogens is 439 g/mol. The Hall–Kier alpha value is -2.81. The maximum atomic E-state index is 14.0. The van der Waals surface area contributed by atoms with E-state index in [1.165, 1.54) is 6.07 Å². The fourth-order valence-electron chi connectivity index (χ4n) is 3.46. The number of carbonyl (C=O) groups is 1. The Morgan fingerprint density at radius 1 is 1.24 bits per heavy atom. The van der Waals surface area contributed by atoms with Gasteiger partial charge in [0, 0.05) is 30.0 Å². The van der Waals surface area contributed by atoms with E-state index in [-0.39, 0.29) is 17.5 Å². The third kappa shape index (κ3) is 4.29. The van der Waals surface area contributed by atoms with Gasteiger partial charge in [0.25, 0.3) is 0 Å². The minimum absolute atomic E-state index is 0.186. The Labute approximate surface area is 176 Å². The summed E-state index contributed by atoms with van der Waals surface area (Å²) >= 11 is 3.22. The first-order valence-corrected chi connectivity index (χ1v) is 10.2. The highest BCUT2D eigenvalue weighted by atomic mass is 79.9. The molecule has 0 saturated carbocycles. The highest BCUT2D eigenvalue weighted by Crippen LogP contribution is 2.25. The van der Waals surface area contributed by atoms with Gasteiger partial charge in [0.2, 0.25) is 5.91 Å². The van der Waals surface area contributed by atoms with E-state index in [0.29, 0.717) is 16.8 Å². The minimum Gasteiger partial charge on any atom is -0.354 e. The Morgan fingerprint density at radius 2 is 2.03 bits per heavy atom. The molecule has 0 spiro atoms. The molecule has 29 heavy (non-hydrogen) atoms. The third-order valence-electron chi connectivity index (χ3n) is 5.01. The number of aromatic nitrogens is 4. The van der Waals surface area contributed by atoms with Crippen molar-refractivity contribution in [2.45, 2.75) is 19.8 Å². The molecule has 1 unspecified atom stereocenters. The Balaban J connectivity index is 1.44. The van der Waals surface area contributed by atoms with Crippen LogP contribution < -0.4 is 10.2 Å². The van der Waals surface area contributed by atoms with Crippen LogP contribution in [0.15, 0.2) is 47.2 Å². The number of halogens is 2. The number of hydrogen-bond donors (Lipinski definition) is 1. The predicted molar refractivity (Wildman–Crippen MR) is 112 cm³/mol. The summed E-state index contributed by atoms with van der Waals surface area (Å²) in [7, 11) is 0. The van der Waals surface area contributed by atoms with Gasteiger partial charge in [-0.05, 0) is 50.1 Å². The molecule has 9 heteroatoms. The molecular formula is C20H20BrFN6O. The van der Waals surface area contributed by atoms with Gasteiger partial charge in [-0.25, -0.2) is 9.37 Å². The molecule has 4 rings (SSSR count). The molecule has 150 valence electrons. The topological polar surface area (TPSA) is 75.9 Å². The first-order chi connectivity index (χ1) is 14.0. The second-order valence-corrected chi connectivity index (χ2v) is 7.91. The third-order valence-corrected chi connectivity index (χ3v) is 5.51. The summed E-state index contributed by atoms with van der Waals surface area (Å²) in [6, 6.07) is 8.38. The monoisotopic (exact) mass is 458 g/mol. The van der Waals surface area contributed by atoms with Crippen molar-refractivity contribution < 1.29 is 9.18 Å². The maximum absolute atomic E-state index is 14.0. The summed E-state index contributed by atoms with van der Waals surface area (Å²) in [5, 5.41) is 11.3. The fourth-order valence-corrected chi connectivity index (χ4v) is 3.79. The Bertz CT molecular complexity index is 1020. The van der Waals surface area contributed by atoms with Gasteiger partial charge < -0.3 is 10.2 Å². The number of aryl methyl sites for hydroxylation is 1. The lowest BCUT2D eigenvalue weighted by molar-refractivity contribution is -0.120. The van der Waals surface area contributed by atoms with Crippen LogP contribution in [-0.4, -0.2) is 38.7 Å². The molecule has 1 aliphatic rings. The summed E-state index contributed by atoms with van der Waals surface area (Å²) in [6.45, 7) is 3.22. The fraction of sp³-hybridized carbons (Fsp3) is 0.300. The van der Waals surface area contributed by atoms with E-state index in [1.807, 2.05) is 34.7 Å². The maximum Gasteiger partial charge on any atom is 0.229 e. The first kappa shape index (κ1) is 19.5. The van der Waals surface area contributed by atoms with Crippen molar-refractivity contribution in [2.75, 3.05) is 23.3 Å². The van der Waals surface area contributed by atoms with E-state index in [1.54, 1.807) is 18.3 Å². The van der Waals surface area contributed by atoms with Crippen molar-refractivity contribution in [2.24, 2.45) is 5.92 Å². The number of nitrogens with zero attached hydrogens (tertiary/aromatic N) is 5. The molecule has 1 aromatic carbocycles. The summed E-state index contributed by atoms with van der Waals surface area (Å²) in [5.74, 6) is 1.36. The number of rotatable bonds is 4. The average molecular weight is 459 g/mol. The number of hydrogen-bond acceptors (Lipinski definition) is 5. The van der Waals surface area contributed by atoms with E-state index < -0.39 is 5.82 Å². The Morgan fingerprint density at radius 3 is 2.72 bits per heavy atom. The van der Waals surface area contributed by atoms with Crippen LogP contribution >= 0.6 is 15.9 Å². The molecule has 7 nitrogen and oxygen atoms in total. The van der Waals surface area contributed by atoms with E-state index in [9.17, 15) is 9.18 Å². The minimum atomic E-state index is -0.461. The molecule has 3 heterocycles. The van der Waals surface area contributed by atoms with Gasteiger partial charge in [-0.15, -0.1) is 10.2 Å². The molecule has 1 saturated heterocycles. The van der Waals surface area contributed by atoms with Crippen molar-refractivity contribution in [1.29, 1.82) is 0 Å². The van der Waals surface area contributed by atoms with E-state index >= 15 is 0 Å². The van der Waals surface area contributed by atoms with Gasteiger partial charge in [0.05, 0.1) is 11.6 Å². The zero-order chi connectivity index (χ0) is 20.4. The molecule has 1 N–H and O–H groups in total. The molecule has 2 aromatic heterocycles. The van der Waals surface area contributed by atoms with Gasteiger partial charge in [-0.2, -0.15) is 0 Å². The lowest BCUT2D eigenvalue weighted by Crippen LogP contribution is -2.41. The second-order valence-electron chi connectivity index (χ2n) is 6.99. The van der Waals surface area contributed by atoms with E-state index in [4.69, 9.17) is 0 Å². The van der Waals surface area contributed by atoms with Crippen LogP contribution in [0.25, 0.3) is 5.82 Å². The summed E-state index contributed by atoms with van der Waals surface area (Å²) < 4.78 is 16.5. The van der Waals surface area contributed by atoms with E-state index in [2.05, 4.69) is 36.4 Å². The van der Waals surface area contributed by atoms with Gasteiger partial charge >= 0.3 is 0 Å². The van der Waals surface area contributed by atoms with Crippen LogP contribution in [0.3, 0.4) is 0 Å². The number of nitrogens with one attached hydrogen (secondary N) is 1. The molecule has 1 amide bonds. The molecule has 0 bridgehead atoms. The molecule has 0 aliphatic carbocycles. The van der Waals surface area contributed by atoms with Gasteiger partial charge in [0.1, 0.15) is 11.6 Å². The van der Waals surface area contributed by atoms with Crippen LogP contribution in [0, 0.1) is 18.7 Å². The molecule has 1 atom stereocenters. The predicted octanol–water partition coefficient (Wildman–Crippen LogP) is 3.73. The number of imidazole rings is 1. The van der Waals surface area contributed by atoms with Crippen LogP contribution in [0.2, 0.25) is 0 Å². The highest BCUT2D eigenvalue weighted by Gasteiger charge is 2.27. The average Bonchev–Trinajstić information content (AvgIpc) is 3.16. The quantitative estimate of drug-likeness (QED) is 0.644. The standard InChI is InChI=1S/C20H20BrFN6O/c1-13-23-8-10-28(13)19-7-6-18(25-26-19)27-9-2-3-14(12-27)20(29)24-17-5-4-15(21)11-16(17)22/h4-8,10-11,14H,2-3,9,12H2,1H3,(H,24,29). The van der Waals surface area contributed by atoms with E-state index in [0.717, 1.165) is 31.0 Å².